The molecule has 0 aromatic heterocycles. The van der Waals surface area contributed by atoms with E-state index in [1.807, 2.05) is 0 Å². The van der Waals surface area contributed by atoms with Crippen molar-refractivity contribution in [1.29, 1.82) is 0 Å². The van der Waals surface area contributed by atoms with Gasteiger partial charge in [0.2, 0.25) is 5.91 Å². The van der Waals surface area contributed by atoms with Crippen molar-refractivity contribution in [3.05, 3.63) is 0 Å². The number of nitrogens with one attached hydrogen (secondary N) is 1. The second-order valence-electron chi connectivity index (χ2n) is 3.64. The summed E-state index contributed by atoms with van der Waals surface area (Å²) in [5, 5.41) is 2.78. The number of carbonyl (C=O) groups is 1. The molecule has 1 saturated heterocycles. The fraction of sp³-hybridized carbons (Fsp3) is 0.889. The summed E-state index contributed by atoms with van der Waals surface area (Å²) in [5.41, 5.74) is 5.48. The molecule has 3 N–H and O–H groups in total. The highest BCUT2D eigenvalue weighted by Gasteiger charge is 2.26. The summed E-state index contributed by atoms with van der Waals surface area (Å²) in [5.74, 6) is 0.652. The normalized spacial score (nSPS) is 17.9. The fourth-order valence-electron chi connectivity index (χ4n) is 1.51. The quantitative estimate of drug-likeness (QED) is 0.521. The Hall–Kier alpha value is -0.650. The fourth-order valence-corrected chi connectivity index (χ4v) is 1.51. The molecule has 0 atom stereocenters. The molecular weight excluding hydrogens is 182 g/mol. The zero-order valence-electron chi connectivity index (χ0n) is 8.66. The van der Waals surface area contributed by atoms with Gasteiger partial charge in [0.05, 0.1) is 13.2 Å². The molecule has 14 heavy (non-hydrogen) atoms. The van der Waals surface area contributed by atoms with E-state index in [1.54, 1.807) is 7.11 Å². The van der Waals surface area contributed by atoms with Crippen molar-refractivity contribution in [1.82, 2.24) is 10.2 Å². The van der Waals surface area contributed by atoms with E-state index in [2.05, 4.69) is 10.2 Å². The van der Waals surface area contributed by atoms with E-state index < -0.39 is 0 Å². The molecule has 5 nitrogen and oxygen atoms in total. The molecule has 0 spiro atoms. The Bertz CT molecular complexity index is 181. The summed E-state index contributed by atoms with van der Waals surface area (Å²) in [7, 11) is 1.62. The molecule has 1 fully saturated rings. The van der Waals surface area contributed by atoms with Gasteiger partial charge in [-0.15, -0.1) is 0 Å². The first-order chi connectivity index (χ1) is 6.76. The van der Waals surface area contributed by atoms with Gasteiger partial charge in [0, 0.05) is 26.7 Å². The van der Waals surface area contributed by atoms with Crippen LogP contribution in [0.2, 0.25) is 0 Å². The van der Waals surface area contributed by atoms with Crippen molar-refractivity contribution in [2.24, 2.45) is 11.7 Å². The van der Waals surface area contributed by atoms with Crippen molar-refractivity contribution in [2.45, 2.75) is 0 Å². The Morgan fingerprint density at radius 1 is 1.64 bits per heavy atom. The van der Waals surface area contributed by atoms with Crippen molar-refractivity contribution < 1.29 is 9.53 Å². The summed E-state index contributed by atoms with van der Waals surface area (Å²) in [6, 6.07) is 0. The largest absolute Gasteiger partial charge is 0.383 e. The lowest BCUT2D eigenvalue weighted by molar-refractivity contribution is -0.123. The van der Waals surface area contributed by atoms with E-state index >= 15 is 0 Å². The van der Waals surface area contributed by atoms with Gasteiger partial charge in [0.1, 0.15) is 0 Å². The molecule has 0 saturated carbocycles. The van der Waals surface area contributed by atoms with Gasteiger partial charge in [-0.1, -0.05) is 0 Å². The third-order valence-corrected chi connectivity index (χ3v) is 2.36. The topological polar surface area (TPSA) is 67.6 Å². The zero-order valence-corrected chi connectivity index (χ0v) is 8.66. The molecule has 0 unspecified atom stereocenters. The van der Waals surface area contributed by atoms with Crippen molar-refractivity contribution >= 4 is 5.91 Å². The SMILES string of the molecule is COCCNC(=O)CN1CC(CN)C1. The van der Waals surface area contributed by atoms with Crippen LogP contribution >= 0.6 is 0 Å². The lowest BCUT2D eigenvalue weighted by atomic mass is 10.0. The van der Waals surface area contributed by atoms with Gasteiger partial charge in [-0.05, 0) is 12.5 Å². The number of hydrogen-bond acceptors (Lipinski definition) is 4. The Morgan fingerprint density at radius 3 is 2.93 bits per heavy atom. The maximum absolute atomic E-state index is 11.3. The van der Waals surface area contributed by atoms with E-state index in [4.69, 9.17) is 10.5 Å². The Kier molecular flexibility index (Phi) is 4.86. The number of nitrogens with zero attached hydrogens (tertiary/aromatic N) is 1. The molecule has 0 aliphatic carbocycles. The van der Waals surface area contributed by atoms with Crippen LogP contribution < -0.4 is 11.1 Å². The Morgan fingerprint density at radius 2 is 2.36 bits per heavy atom. The smallest absolute Gasteiger partial charge is 0.234 e. The third kappa shape index (κ3) is 3.61. The molecule has 5 heteroatoms. The molecule has 0 bridgehead atoms. The summed E-state index contributed by atoms with van der Waals surface area (Å²) in [6.07, 6.45) is 0. The van der Waals surface area contributed by atoms with E-state index in [-0.39, 0.29) is 5.91 Å². The molecule has 82 valence electrons. The van der Waals surface area contributed by atoms with Crippen LogP contribution in [0.5, 0.6) is 0 Å². The molecule has 1 aliphatic heterocycles. The highest BCUT2D eigenvalue weighted by Crippen LogP contribution is 2.12. The molecule has 1 heterocycles. The molecule has 0 radical (unpaired) electrons. The molecule has 0 aromatic carbocycles. The van der Waals surface area contributed by atoms with E-state index in [0.717, 1.165) is 19.6 Å². The molecule has 0 aromatic rings. The van der Waals surface area contributed by atoms with Gasteiger partial charge in [0.15, 0.2) is 0 Å². The molecule has 1 amide bonds. The number of nitrogens with two attached hydrogens (primary N) is 1. The minimum atomic E-state index is 0.0671. The molecule has 1 rings (SSSR count). The second kappa shape index (κ2) is 5.95. The van der Waals surface area contributed by atoms with Crippen molar-refractivity contribution in [3.8, 4) is 0 Å². The highest BCUT2D eigenvalue weighted by atomic mass is 16.5. The first-order valence-corrected chi connectivity index (χ1v) is 4.94. The zero-order chi connectivity index (χ0) is 10.4. The predicted octanol–water partition coefficient (Wildman–Crippen LogP) is -1.36. The van der Waals surface area contributed by atoms with E-state index in [9.17, 15) is 4.79 Å². The number of amides is 1. The van der Waals surface area contributed by atoms with Crippen LogP contribution in [-0.4, -0.2) is 57.2 Å². The van der Waals surface area contributed by atoms with Gasteiger partial charge >= 0.3 is 0 Å². The Balaban J connectivity index is 1.99. The Labute approximate surface area is 84.6 Å². The van der Waals surface area contributed by atoms with Gasteiger partial charge < -0.3 is 15.8 Å². The van der Waals surface area contributed by atoms with Crippen molar-refractivity contribution in [3.63, 3.8) is 0 Å². The van der Waals surface area contributed by atoms with Crippen LogP contribution in [-0.2, 0) is 9.53 Å². The first kappa shape index (κ1) is 11.4. The predicted molar refractivity (Wildman–Crippen MR) is 53.9 cm³/mol. The van der Waals surface area contributed by atoms with E-state index in [0.29, 0.717) is 25.6 Å². The molecule has 1 aliphatic rings. The van der Waals surface area contributed by atoms with E-state index in [1.165, 1.54) is 0 Å². The first-order valence-electron chi connectivity index (χ1n) is 4.94. The number of rotatable bonds is 6. The monoisotopic (exact) mass is 201 g/mol. The number of ether oxygens (including phenoxy) is 1. The summed E-state index contributed by atoms with van der Waals surface area (Å²) < 4.78 is 4.83. The van der Waals surface area contributed by atoms with Crippen LogP contribution in [0, 0.1) is 5.92 Å². The lowest BCUT2D eigenvalue weighted by Gasteiger charge is -2.37. The van der Waals surface area contributed by atoms with Crippen LogP contribution in [0.4, 0.5) is 0 Å². The minimum absolute atomic E-state index is 0.0671. The van der Waals surface area contributed by atoms with Gasteiger partial charge in [-0.25, -0.2) is 0 Å². The summed E-state index contributed by atoms with van der Waals surface area (Å²) in [6.45, 7) is 4.27. The number of hydrogen-bond donors (Lipinski definition) is 2. The average Bonchev–Trinajstić information content (AvgIpc) is 2.11. The van der Waals surface area contributed by atoms with Crippen LogP contribution in [0.1, 0.15) is 0 Å². The van der Waals surface area contributed by atoms with Crippen LogP contribution in [0.25, 0.3) is 0 Å². The maximum Gasteiger partial charge on any atom is 0.234 e. The minimum Gasteiger partial charge on any atom is -0.383 e. The lowest BCUT2D eigenvalue weighted by Crippen LogP contribution is -2.53. The number of carbonyl (C=O) groups excluding carboxylic acids is 1. The standard InChI is InChI=1S/C9H19N3O2/c1-14-3-2-11-9(13)7-12-5-8(4-10)6-12/h8H,2-7,10H2,1H3,(H,11,13). The maximum atomic E-state index is 11.3. The summed E-state index contributed by atoms with van der Waals surface area (Å²) >= 11 is 0. The van der Waals surface area contributed by atoms with Crippen LogP contribution in [0.3, 0.4) is 0 Å². The number of methoxy groups -OCH3 is 1. The highest BCUT2D eigenvalue weighted by molar-refractivity contribution is 5.78. The van der Waals surface area contributed by atoms with Gasteiger partial charge in [-0.2, -0.15) is 0 Å². The van der Waals surface area contributed by atoms with Crippen molar-refractivity contribution in [2.75, 3.05) is 46.4 Å². The average molecular weight is 201 g/mol. The van der Waals surface area contributed by atoms with Crippen LogP contribution in [0.15, 0.2) is 0 Å². The molecular formula is C9H19N3O2. The number of likely N-dealkylation sites (tertiary alicyclic amines) is 1. The summed E-state index contributed by atoms with van der Waals surface area (Å²) in [4.78, 5) is 13.4. The van der Waals surface area contributed by atoms with Gasteiger partial charge in [-0.3, -0.25) is 9.69 Å². The van der Waals surface area contributed by atoms with Gasteiger partial charge in [0.25, 0.3) is 0 Å². The second-order valence-corrected chi connectivity index (χ2v) is 3.64. The third-order valence-electron chi connectivity index (χ3n) is 2.36.